The molecular weight excluding hydrogens is 379 g/mol. The highest BCUT2D eigenvalue weighted by atomic mass is 19.3. The van der Waals surface area contributed by atoms with Crippen LogP contribution in [0.2, 0.25) is 0 Å². The van der Waals surface area contributed by atoms with Gasteiger partial charge in [-0.25, -0.2) is 13.2 Å². The van der Waals surface area contributed by atoms with E-state index in [1.165, 1.54) is 18.2 Å². The number of hydrogen-bond acceptors (Lipinski definition) is 2. The van der Waals surface area contributed by atoms with Crippen LogP contribution < -0.4 is 9.47 Å². The molecule has 0 radical (unpaired) electrons. The van der Waals surface area contributed by atoms with Crippen LogP contribution in [-0.2, 0) is 0 Å². The molecule has 0 atom stereocenters. The van der Waals surface area contributed by atoms with Crippen molar-refractivity contribution in [1.82, 2.24) is 0 Å². The molecule has 0 N–H and O–H groups in total. The normalized spacial score (nSPS) is 13.4. The fourth-order valence-electron chi connectivity index (χ4n) is 2.64. The third-order valence-electron chi connectivity index (χ3n) is 4.12. The molecule has 7 heteroatoms. The Hall–Kier alpha value is -2.75. The van der Waals surface area contributed by atoms with Gasteiger partial charge >= 0.3 is 6.61 Å². The lowest BCUT2D eigenvalue weighted by molar-refractivity contribution is -0.0504. The molecule has 1 aliphatic carbocycles. The van der Waals surface area contributed by atoms with Crippen LogP contribution in [0.25, 0.3) is 0 Å². The molecular formula is C21H17F5O2. The van der Waals surface area contributed by atoms with E-state index in [1.54, 1.807) is 12.1 Å². The molecule has 2 nitrogen and oxygen atoms in total. The second-order valence-corrected chi connectivity index (χ2v) is 6.33. The van der Waals surface area contributed by atoms with Crippen LogP contribution >= 0.6 is 0 Å². The third-order valence-corrected chi connectivity index (χ3v) is 4.12. The fourth-order valence-corrected chi connectivity index (χ4v) is 2.64. The number of halogens is 5. The van der Waals surface area contributed by atoms with E-state index < -0.39 is 25.3 Å². The lowest BCUT2D eigenvalue weighted by atomic mass is 10.1. The summed E-state index contributed by atoms with van der Waals surface area (Å²) in [6.07, 6.45) is -1.20. The van der Waals surface area contributed by atoms with Gasteiger partial charge in [0, 0.05) is 17.5 Å². The van der Waals surface area contributed by atoms with Gasteiger partial charge in [-0.05, 0) is 60.7 Å². The molecule has 0 bridgehead atoms. The first-order valence-corrected chi connectivity index (χ1v) is 8.73. The van der Waals surface area contributed by atoms with Crippen LogP contribution in [0, 0.1) is 17.7 Å². The van der Waals surface area contributed by atoms with Gasteiger partial charge in [0.1, 0.15) is 5.75 Å². The second kappa shape index (κ2) is 8.96. The predicted molar refractivity (Wildman–Crippen MR) is 93.5 cm³/mol. The Bertz CT molecular complexity index is 882. The molecule has 0 unspecified atom stereocenters. The summed E-state index contributed by atoms with van der Waals surface area (Å²) in [6.45, 7) is -3.20. The number of ether oxygens (including phenoxy) is 2. The van der Waals surface area contributed by atoms with E-state index in [2.05, 4.69) is 16.6 Å². The van der Waals surface area contributed by atoms with Crippen LogP contribution in [-0.4, -0.2) is 19.6 Å². The maximum Gasteiger partial charge on any atom is 0.387 e. The van der Waals surface area contributed by atoms with E-state index in [9.17, 15) is 22.0 Å². The maximum atomic E-state index is 13.7. The molecule has 3 rings (SSSR count). The Morgan fingerprint density at radius 1 is 0.929 bits per heavy atom. The van der Waals surface area contributed by atoms with Crippen molar-refractivity contribution in [2.24, 2.45) is 0 Å². The van der Waals surface area contributed by atoms with Gasteiger partial charge in [-0.1, -0.05) is 11.8 Å². The van der Waals surface area contributed by atoms with Crippen LogP contribution in [0.5, 0.6) is 11.5 Å². The van der Waals surface area contributed by atoms with Crippen LogP contribution in [0.1, 0.15) is 41.9 Å². The molecule has 148 valence electrons. The van der Waals surface area contributed by atoms with Crippen molar-refractivity contribution in [3.8, 4) is 23.3 Å². The first kappa shape index (κ1) is 20.0. The molecule has 0 saturated heterocycles. The monoisotopic (exact) mass is 396 g/mol. The second-order valence-electron chi connectivity index (χ2n) is 6.33. The molecule has 0 amide bonds. The van der Waals surface area contributed by atoms with E-state index in [0.29, 0.717) is 16.7 Å². The fraction of sp³-hybridized carbons (Fsp3) is 0.333. The minimum Gasteiger partial charge on any atom is -0.490 e. The summed E-state index contributed by atoms with van der Waals surface area (Å²) in [5.74, 6) is 5.27. The van der Waals surface area contributed by atoms with Crippen LogP contribution in [0.15, 0.2) is 36.4 Å². The average Bonchev–Trinajstić information content (AvgIpc) is 3.47. The van der Waals surface area contributed by atoms with Gasteiger partial charge in [0.25, 0.3) is 0 Å². The lowest BCUT2D eigenvalue weighted by Gasteiger charge is -2.10. The zero-order valence-electron chi connectivity index (χ0n) is 14.7. The number of benzene rings is 2. The van der Waals surface area contributed by atoms with Crippen molar-refractivity contribution < 1.29 is 31.4 Å². The van der Waals surface area contributed by atoms with E-state index >= 15 is 0 Å². The summed E-state index contributed by atoms with van der Waals surface area (Å²) in [6, 6.07) is 8.68. The molecule has 28 heavy (non-hydrogen) atoms. The number of alkyl halides is 4. The molecule has 1 saturated carbocycles. The Morgan fingerprint density at radius 3 is 2.25 bits per heavy atom. The maximum absolute atomic E-state index is 13.7. The smallest absolute Gasteiger partial charge is 0.387 e. The molecule has 0 heterocycles. The van der Waals surface area contributed by atoms with Gasteiger partial charge in [-0.15, -0.1) is 0 Å². The zero-order valence-corrected chi connectivity index (χ0v) is 14.7. The zero-order chi connectivity index (χ0) is 20.1. The Kier molecular flexibility index (Phi) is 6.40. The van der Waals surface area contributed by atoms with E-state index in [0.717, 1.165) is 18.9 Å². The van der Waals surface area contributed by atoms with E-state index in [1.807, 2.05) is 0 Å². The topological polar surface area (TPSA) is 18.5 Å². The van der Waals surface area contributed by atoms with Gasteiger partial charge < -0.3 is 9.47 Å². The minimum atomic E-state index is -2.89. The van der Waals surface area contributed by atoms with Crippen molar-refractivity contribution >= 4 is 0 Å². The van der Waals surface area contributed by atoms with Crippen molar-refractivity contribution in [3.05, 3.63) is 58.9 Å². The first-order valence-electron chi connectivity index (χ1n) is 8.73. The Labute approximate surface area is 159 Å². The molecule has 1 fully saturated rings. The van der Waals surface area contributed by atoms with Crippen LogP contribution in [0.3, 0.4) is 0 Å². The highest BCUT2D eigenvalue weighted by Crippen LogP contribution is 2.44. The molecule has 0 aliphatic heterocycles. The molecule has 2 aromatic carbocycles. The average molecular weight is 396 g/mol. The van der Waals surface area contributed by atoms with E-state index in [-0.39, 0.29) is 24.0 Å². The minimum absolute atomic E-state index is 0.146. The summed E-state index contributed by atoms with van der Waals surface area (Å²) >= 11 is 0. The molecule has 0 aromatic heterocycles. The van der Waals surface area contributed by atoms with Gasteiger partial charge in [-0.2, -0.15) is 8.78 Å². The quantitative estimate of drug-likeness (QED) is 0.439. The molecule has 0 spiro atoms. The Morgan fingerprint density at radius 2 is 1.61 bits per heavy atom. The predicted octanol–water partition coefficient (Wildman–Crippen LogP) is 5.74. The van der Waals surface area contributed by atoms with E-state index in [4.69, 9.17) is 4.74 Å². The summed E-state index contributed by atoms with van der Waals surface area (Å²) in [5.41, 5.74) is 1.74. The van der Waals surface area contributed by atoms with Gasteiger partial charge in [0.05, 0.1) is 6.61 Å². The summed E-state index contributed by atoms with van der Waals surface area (Å²) in [7, 11) is 0. The number of hydrogen-bond donors (Lipinski definition) is 0. The summed E-state index contributed by atoms with van der Waals surface area (Å²) in [4.78, 5) is 0. The van der Waals surface area contributed by atoms with Gasteiger partial charge in [0.15, 0.2) is 11.6 Å². The summed E-state index contributed by atoms with van der Waals surface area (Å²) < 4.78 is 72.7. The van der Waals surface area contributed by atoms with Crippen molar-refractivity contribution in [2.75, 3.05) is 6.61 Å². The number of rotatable bonds is 7. The van der Waals surface area contributed by atoms with Gasteiger partial charge in [0.2, 0.25) is 6.43 Å². The first-order chi connectivity index (χ1) is 13.4. The van der Waals surface area contributed by atoms with Gasteiger partial charge in [-0.3, -0.25) is 0 Å². The highest BCUT2D eigenvalue weighted by Gasteiger charge is 2.27. The summed E-state index contributed by atoms with van der Waals surface area (Å²) in [5, 5.41) is 0. The largest absolute Gasteiger partial charge is 0.490 e. The van der Waals surface area contributed by atoms with Crippen molar-refractivity contribution in [3.63, 3.8) is 0 Å². The highest BCUT2D eigenvalue weighted by molar-refractivity contribution is 5.50. The molecule has 2 aromatic rings. The Balaban J connectivity index is 1.76. The van der Waals surface area contributed by atoms with Crippen molar-refractivity contribution in [2.45, 2.75) is 38.2 Å². The SMILES string of the molecule is Fc1ccc(C#Cc2ccc(OC(F)F)c(C3CC3)c2)cc1OCCC(F)F. The lowest BCUT2D eigenvalue weighted by Crippen LogP contribution is -2.04. The van der Waals surface area contributed by atoms with Crippen LogP contribution in [0.4, 0.5) is 22.0 Å². The standard InChI is InChI=1S/C21H17F5O2/c22-17-7-3-14(12-19(17)27-10-9-20(23)24)2-1-13-4-8-18(28-21(25)26)16(11-13)15-5-6-15/h3-4,7-8,11-12,15,20-21H,5-6,9-10H2. The molecule has 1 aliphatic rings. The van der Waals surface area contributed by atoms with Crippen molar-refractivity contribution in [1.29, 1.82) is 0 Å². The third kappa shape index (κ3) is 5.62.